The molecule has 0 bridgehead atoms. The van der Waals surface area contributed by atoms with Gasteiger partial charge < -0.3 is 5.73 Å². The lowest BCUT2D eigenvalue weighted by atomic mass is 10.4. The van der Waals surface area contributed by atoms with E-state index in [2.05, 4.69) is 11.9 Å². The van der Waals surface area contributed by atoms with Gasteiger partial charge in [0, 0.05) is 12.7 Å². The first kappa shape index (κ1) is 8.52. The molecule has 2 amide bonds. The van der Waals surface area contributed by atoms with E-state index in [4.69, 9.17) is 5.73 Å². The first-order valence-electron chi connectivity index (χ1n) is 3.52. The van der Waals surface area contributed by atoms with Crippen LogP contribution in [-0.4, -0.2) is 17.6 Å². The largest absolute Gasteiger partial charge is 0.351 e. The summed E-state index contributed by atoms with van der Waals surface area (Å²) in [5, 5.41) is 0. The quantitative estimate of drug-likeness (QED) is 0.702. The second kappa shape index (κ2) is 3.71. The Bertz CT molecular complexity index is 260. The van der Waals surface area contributed by atoms with Crippen LogP contribution in [-0.2, 0) is 0 Å². The fraction of sp³-hybridized carbons (Fsp3) is 0.125. The van der Waals surface area contributed by atoms with Gasteiger partial charge in [-0.2, -0.15) is 0 Å². The molecule has 0 aliphatic heterocycles. The third-order valence-corrected chi connectivity index (χ3v) is 1.45. The average Bonchev–Trinajstić information content (AvgIpc) is 2.07. The van der Waals surface area contributed by atoms with Gasteiger partial charge in [0.2, 0.25) is 0 Å². The van der Waals surface area contributed by atoms with E-state index in [1.807, 2.05) is 0 Å². The first-order chi connectivity index (χ1) is 5.75. The number of aromatic nitrogens is 1. The Hall–Kier alpha value is -1.58. The fourth-order valence-electron chi connectivity index (χ4n) is 0.880. The number of hydrogen-bond acceptors (Lipinski definition) is 2. The van der Waals surface area contributed by atoms with E-state index in [1.54, 1.807) is 24.5 Å². The first-order valence-corrected chi connectivity index (χ1v) is 3.52. The molecule has 2 N–H and O–H groups in total. The monoisotopic (exact) mass is 164 g/mol. The summed E-state index contributed by atoms with van der Waals surface area (Å²) < 4.78 is 0. The zero-order valence-corrected chi connectivity index (χ0v) is 6.60. The van der Waals surface area contributed by atoms with Gasteiger partial charge in [0.1, 0.15) is 0 Å². The number of rotatable bonds is 2. The Labute approximate surface area is 71.0 Å². The molecule has 0 aromatic carbocycles. The lowest BCUT2D eigenvalue weighted by molar-refractivity contribution is 0.254. The lowest BCUT2D eigenvalue weighted by Gasteiger charge is -2.16. The number of carbonyl (C=O) groups is 1. The fourth-order valence-corrected chi connectivity index (χ4v) is 0.880. The van der Waals surface area contributed by atoms with Crippen LogP contribution >= 0.6 is 0 Å². The molecule has 1 aromatic rings. The maximum atomic E-state index is 10.8. The molecule has 0 atom stereocenters. The average molecular weight is 164 g/mol. The zero-order valence-electron chi connectivity index (χ0n) is 6.60. The molecule has 0 aliphatic carbocycles. The maximum Gasteiger partial charge on any atom is 0.319 e. The molecule has 1 radical (unpaired) electrons. The molecule has 1 heterocycles. The normalized spacial score (nSPS) is 9.42. The van der Waals surface area contributed by atoms with Crippen LogP contribution < -0.4 is 10.6 Å². The summed E-state index contributed by atoms with van der Waals surface area (Å²) in [6.07, 6.45) is 3.20. The molecule has 0 saturated heterocycles. The SMILES string of the molecule is [CH2]CN(C(N)=O)c1cccnc1. The van der Waals surface area contributed by atoms with E-state index in [0.29, 0.717) is 12.2 Å². The molecule has 4 nitrogen and oxygen atoms in total. The van der Waals surface area contributed by atoms with Gasteiger partial charge in [0.15, 0.2) is 0 Å². The topological polar surface area (TPSA) is 59.2 Å². The molecule has 1 rings (SSSR count). The standard InChI is InChI=1S/C8H10N3O/c1-2-11(8(9)12)7-4-3-5-10-6-7/h3-6H,1-2H2,(H2,9,12). The van der Waals surface area contributed by atoms with Crippen LogP contribution in [0.15, 0.2) is 24.5 Å². The molecule has 0 fully saturated rings. The van der Waals surface area contributed by atoms with Crippen molar-refractivity contribution in [2.45, 2.75) is 0 Å². The molecule has 0 aliphatic rings. The van der Waals surface area contributed by atoms with Gasteiger partial charge in [-0.3, -0.25) is 9.88 Å². The number of urea groups is 1. The molecule has 0 spiro atoms. The lowest BCUT2D eigenvalue weighted by Crippen LogP contribution is -2.35. The van der Waals surface area contributed by atoms with E-state index >= 15 is 0 Å². The van der Waals surface area contributed by atoms with Crippen molar-refractivity contribution in [3.05, 3.63) is 31.5 Å². The summed E-state index contributed by atoms with van der Waals surface area (Å²) in [5.74, 6) is 0. The number of carbonyl (C=O) groups excluding carboxylic acids is 1. The predicted molar refractivity (Wildman–Crippen MR) is 46.5 cm³/mol. The Balaban J connectivity index is 2.88. The number of primary amides is 1. The number of amides is 2. The van der Waals surface area contributed by atoms with Crippen molar-refractivity contribution < 1.29 is 4.79 Å². The van der Waals surface area contributed by atoms with Crippen molar-refractivity contribution >= 4 is 11.7 Å². The van der Waals surface area contributed by atoms with Crippen LogP contribution in [0.25, 0.3) is 0 Å². The highest BCUT2D eigenvalue weighted by molar-refractivity contribution is 5.90. The highest BCUT2D eigenvalue weighted by Gasteiger charge is 2.08. The number of nitrogens with two attached hydrogens (primary N) is 1. The highest BCUT2D eigenvalue weighted by atomic mass is 16.2. The molecule has 0 unspecified atom stereocenters. The molecule has 0 saturated carbocycles. The second-order valence-electron chi connectivity index (χ2n) is 2.20. The van der Waals surface area contributed by atoms with E-state index in [0.717, 1.165) is 0 Å². The zero-order chi connectivity index (χ0) is 8.97. The summed E-state index contributed by atoms with van der Waals surface area (Å²) in [7, 11) is 0. The van der Waals surface area contributed by atoms with Gasteiger partial charge in [0.05, 0.1) is 11.9 Å². The predicted octanol–water partition coefficient (Wildman–Crippen LogP) is 0.801. The van der Waals surface area contributed by atoms with Gasteiger partial charge in [-0.25, -0.2) is 4.79 Å². The van der Waals surface area contributed by atoms with E-state index in [1.165, 1.54) is 4.90 Å². The van der Waals surface area contributed by atoms with Crippen molar-refractivity contribution in [1.82, 2.24) is 4.98 Å². The summed E-state index contributed by atoms with van der Waals surface area (Å²) >= 11 is 0. The molecule has 1 aromatic heterocycles. The van der Waals surface area contributed by atoms with Gasteiger partial charge in [-0.1, -0.05) is 0 Å². The molecular formula is C8H10N3O. The Morgan fingerprint density at radius 1 is 1.75 bits per heavy atom. The van der Waals surface area contributed by atoms with Crippen molar-refractivity contribution in [2.24, 2.45) is 5.73 Å². The number of nitrogens with zero attached hydrogens (tertiary/aromatic N) is 2. The van der Waals surface area contributed by atoms with Gasteiger partial charge in [0.25, 0.3) is 0 Å². The van der Waals surface area contributed by atoms with Crippen LogP contribution in [0.2, 0.25) is 0 Å². The van der Waals surface area contributed by atoms with Crippen LogP contribution in [0.1, 0.15) is 0 Å². The van der Waals surface area contributed by atoms with Crippen molar-refractivity contribution in [2.75, 3.05) is 11.4 Å². The van der Waals surface area contributed by atoms with E-state index in [-0.39, 0.29) is 0 Å². The van der Waals surface area contributed by atoms with E-state index < -0.39 is 6.03 Å². The minimum atomic E-state index is -0.516. The van der Waals surface area contributed by atoms with Gasteiger partial charge in [-0.05, 0) is 19.1 Å². The maximum absolute atomic E-state index is 10.8. The number of pyridine rings is 1. The molecule has 12 heavy (non-hydrogen) atoms. The summed E-state index contributed by atoms with van der Waals surface area (Å²) in [5.41, 5.74) is 5.77. The summed E-state index contributed by atoms with van der Waals surface area (Å²) in [6.45, 7) is 3.89. The van der Waals surface area contributed by atoms with Crippen LogP contribution in [0.3, 0.4) is 0 Å². The smallest absolute Gasteiger partial charge is 0.319 e. The minimum Gasteiger partial charge on any atom is -0.351 e. The third-order valence-electron chi connectivity index (χ3n) is 1.45. The molecular weight excluding hydrogens is 154 g/mol. The third kappa shape index (κ3) is 1.72. The summed E-state index contributed by atoms with van der Waals surface area (Å²) in [6, 6.07) is 2.97. The summed E-state index contributed by atoms with van der Waals surface area (Å²) in [4.78, 5) is 16.0. The van der Waals surface area contributed by atoms with Crippen LogP contribution in [0.4, 0.5) is 10.5 Å². The van der Waals surface area contributed by atoms with Crippen molar-refractivity contribution in [3.8, 4) is 0 Å². The van der Waals surface area contributed by atoms with Crippen LogP contribution in [0, 0.1) is 6.92 Å². The van der Waals surface area contributed by atoms with E-state index in [9.17, 15) is 4.79 Å². The van der Waals surface area contributed by atoms with Crippen molar-refractivity contribution in [1.29, 1.82) is 0 Å². The van der Waals surface area contributed by atoms with Crippen molar-refractivity contribution in [3.63, 3.8) is 0 Å². The van der Waals surface area contributed by atoms with Crippen LogP contribution in [0.5, 0.6) is 0 Å². The molecule has 4 heteroatoms. The Kier molecular flexibility index (Phi) is 2.63. The Morgan fingerprint density at radius 2 is 2.50 bits per heavy atom. The number of anilines is 1. The van der Waals surface area contributed by atoms with Gasteiger partial charge >= 0.3 is 6.03 Å². The van der Waals surface area contributed by atoms with Gasteiger partial charge in [-0.15, -0.1) is 0 Å². The Morgan fingerprint density at radius 3 is 2.92 bits per heavy atom. The minimum absolute atomic E-state index is 0.307. The molecule has 63 valence electrons. The highest BCUT2D eigenvalue weighted by Crippen LogP contribution is 2.09. The number of hydrogen-bond donors (Lipinski definition) is 1. The second-order valence-corrected chi connectivity index (χ2v) is 2.20.